The zero-order chi connectivity index (χ0) is 21.8. The van der Waals surface area contributed by atoms with E-state index in [2.05, 4.69) is 16.0 Å². The first-order valence-corrected chi connectivity index (χ1v) is 11.5. The maximum absolute atomic E-state index is 13.1. The molecule has 0 aliphatic carbocycles. The molecule has 4 rings (SSSR count). The normalized spacial score (nSPS) is 14.2. The molecule has 2 heterocycles. The zero-order valence-corrected chi connectivity index (χ0v) is 18.6. The molecule has 1 aliphatic rings. The number of rotatable bonds is 6. The number of aromatic nitrogens is 1. The summed E-state index contributed by atoms with van der Waals surface area (Å²) >= 11 is 1.56. The van der Waals surface area contributed by atoms with Gasteiger partial charge in [-0.3, -0.25) is 4.79 Å². The van der Waals surface area contributed by atoms with Gasteiger partial charge in [0.25, 0.3) is 0 Å². The summed E-state index contributed by atoms with van der Waals surface area (Å²) in [5.74, 6) is 2.39. The number of aryl methyl sites for hydroxylation is 2. The van der Waals surface area contributed by atoms with Crippen molar-refractivity contribution in [2.75, 3.05) is 36.8 Å². The second-order valence-electron chi connectivity index (χ2n) is 7.73. The predicted molar refractivity (Wildman–Crippen MR) is 123 cm³/mol. The summed E-state index contributed by atoms with van der Waals surface area (Å²) in [5.41, 5.74) is 4.01. The summed E-state index contributed by atoms with van der Waals surface area (Å²) < 4.78 is 18.9. The highest BCUT2D eigenvalue weighted by Crippen LogP contribution is 2.25. The van der Waals surface area contributed by atoms with Crippen LogP contribution < -0.4 is 4.90 Å². The number of amides is 1. The summed E-state index contributed by atoms with van der Waals surface area (Å²) in [7, 11) is 0. The largest absolute Gasteiger partial charge is 0.441 e. The molecule has 1 aromatic heterocycles. The number of hydrogen-bond donors (Lipinski definition) is 0. The van der Waals surface area contributed by atoms with Crippen LogP contribution in [0, 0.1) is 19.7 Å². The molecule has 0 atom stereocenters. The molecule has 0 spiro atoms. The Hall–Kier alpha value is -2.80. The van der Waals surface area contributed by atoms with Crippen LogP contribution in [-0.4, -0.2) is 47.7 Å². The number of piperazine rings is 1. The van der Waals surface area contributed by atoms with Crippen molar-refractivity contribution in [2.45, 2.75) is 19.6 Å². The third-order valence-electron chi connectivity index (χ3n) is 5.45. The lowest BCUT2D eigenvalue weighted by Crippen LogP contribution is -2.49. The highest BCUT2D eigenvalue weighted by atomic mass is 32.2. The van der Waals surface area contributed by atoms with E-state index in [1.54, 1.807) is 23.9 Å². The SMILES string of the molecule is Cc1cccc(-c2nc(CSCC(=O)N3CCN(c4ccc(F)cc4)CC3)c(C)o2)c1. The first kappa shape index (κ1) is 21.4. The lowest BCUT2D eigenvalue weighted by Gasteiger charge is -2.36. The van der Waals surface area contributed by atoms with Crippen LogP contribution in [0.5, 0.6) is 0 Å². The topological polar surface area (TPSA) is 49.6 Å². The van der Waals surface area contributed by atoms with Gasteiger partial charge in [-0.2, -0.15) is 0 Å². The smallest absolute Gasteiger partial charge is 0.232 e. The summed E-state index contributed by atoms with van der Waals surface area (Å²) in [6, 6.07) is 14.6. The molecule has 1 amide bonds. The standard InChI is InChI=1S/C24H26FN3O2S/c1-17-4-3-5-19(14-17)24-26-22(18(2)30-24)15-31-16-23(29)28-12-10-27(11-13-28)21-8-6-20(25)7-9-21/h3-9,14H,10-13,15-16H2,1-2H3. The Morgan fingerprint density at radius 3 is 2.55 bits per heavy atom. The van der Waals surface area contributed by atoms with E-state index in [4.69, 9.17) is 4.42 Å². The lowest BCUT2D eigenvalue weighted by molar-refractivity contribution is -0.128. The summed E-state index contributed by atoms with van der Waals surface area (Å²) in [4.78, 5) is 21.3. The fourth-order valence-electron chi connectivity index (χ4n) is 3.66. The van der Waals surface area contributed by atoms with Crippen molar-refractivity contribution in [3.63, 3.8) is 0 Å². The molecular formula is C24H26FN3O2S. The molecule has 2 aromatic carbocycles. The van der Waals surface area contributed by atoms with E-state index in [-0.39, 0.29) is 11.7 Å². The number of oxazole rings is 1. The molecule has 7 heteroatoms. The van der Waals surface area contributed by atoms with E-state index >= 15 is 0 Å². The van der Waals surface area contributed by atoms with Crippen LogP contribution in [-0.2, 0) is 10.5 Å². The van der Waals surface area contributed by atoms with Crippen molar-refractivity contribution in [2.24, 2.45) is 0 Å². The van der Waals surface area contributed by atoms with Crippen LogP contribution in [0.4, 0.5) is 10.1 Å². The van der Waals surface area contributed by atoms with Crippen molar-refractivity contribution in [3.05, 3.63) is 71.4 Å². The van der Waals surface area contributed by atoms with Crippen LogP contribution in [0.1, 0.15) is 17.0 Å². The molecule has 162 valence electrons. The monoisotopic (exact) mass is 439 g/mol. The second kappa shape index (κ2) is 9.56. The van der Waals surface area contributed by atoms with Crippen LogP contribution in [0.3, 0.4) is 0 Å². The Morgan fingerprint density at radius 2 is 1.84 bits per heavy atom. The number of carbonyl (C=O) groups excluding carboxylic acids is 1. The summed E-state index contributed by atoms with van der Waals surface area (Å²) in [6.45, 7) is 6.82. The number of hydrogen-bond acceptors (Lipinski definition) is 5. The predicted octanol–water partition coefficient (Wildman–Crippen LogP) is 4.68. The Balaban J connectivity index is 1.26. The first-order valence-electron chi connectivity index (χ1n) is 10.4. The molecule has 0 saturated carbocycles. The number of anilines is 1. The van der Waals surface area contributed by atoms with Crippen molar-refractivity contribution < 1.29 is 13.6 Å². The van der Waals surface area contributed by atoms with Gasteiger partial charge in [-0.1, -0.05) is 17.7 Å². The molecule has 1 aliphatic heterocycles. The Kier molecular flexibility index (Phi) is 6.61. The number of thioether (sulfide) groups is 1. The van der Waals surface area contributed by atoms with E-state index in [1.165, 1.54) is 12.1 Å². The molecule has 3 aromatic rings. The fraction of sp³-hybridized carbons (Fsp3) is 0.333. The molecular weight excluding hydrogens is 413 g/mol. The van der Waals surface area contributed by atoms with Crippen LogP contribution in [0.2, 0.25) is 0 Å². The molecule has 0 N–H and O–H groups in total. The van der Waals surface area contributed by atoms with E-state index in [9.17, 15) is 9.18 Å². The van der Waals surface area contributed by atoms with Crippen molar-refractivity contribution in [1.29, 1.82) is 0 Å². The average molecular weight is 440 g/mol. The Labute approximate surface area is 186 Å². The van der Waals surface area contributed by atoms with Crippen LogP contribution >= 0.6 is 11.8 Å². The first-order chi connectivity index (χ1) is 15.0. The highest BCUT2D eigenvalue weighted by molar-refractivity contribution is 7.99. The van der Waals surface area contributed by atoms with E-state index in [0.29, 0.717) is 30.5 Å². The zero-order valence-electron chi connectivity index (χ0n) is 17.8. The number of carbonyl (C=O) groups is 1. The summed E-state index contributed by atoms with van der Waals surface area (Å²) in [5, 5.41) is 0. The molecule has 0 radical (unpaired) electrons. The van der Waals surface area contributed by atoms with Gasteiger partial charge >= 0.3 is 0 Å². The fourth-order valence-corrected chi connectivity index (χ4v) is 4.58. The summed E-state index contributed by atoms with van der Waals surface area (Å²) in [6.07, 6.45) is 0. The number of halogens is 1. The van der Waals surface area contributed by atoms with E-state index < -0.39 is 0 Å². The maximum atomic E-state index is 13.1. The minimum absolute atomic E-state index is 0.142. The maximum Gasteiger partial charge on any atom is 0.232 e. The quantitative estimate of drug-likeness (QED) is 0.558. The van der Waals surface area contributed by atoms with Gasteiger partial charge in [0.2, 0.25) is 11.8 Å². The molecule has 5 nitrogen and oxygen atoms in total. The van der Waals surface area contributed by atoms with Gasteiger partial charge < -0.3 is 14.2 Å². The van der Waals surface area contributed by atoms with Crippen LogP contribution in [0.25, 0.3) is 11.5 Å². The minimum atomic E-state index is -0.233. The second-order valence-corrected chi connectivity index (χ2v) is 8.71. The Bertz CT molecular complexity index is 1040. The van der Waals surface area contributed by atoms with Gasteiger partial charge in [0, 0.05) is 43.2 Å². The lowest BCUT2D eigenvalue weighted by atomic mass is 10.1. The third-order valence-corrected chi connectivity index (χ3v) is 6.37. The Morgan fingerprint density at radius 1 is 1.10 bits per heavy atom. The van der Waals surface area contributed by atoms with E-state index in [1.807, 2.05) is 36.9 Å². The van der Waals surface area contributed by atoms with E-state index in [0.717, 1.165) is 41.4 Å². The van der Waals surface area contributed by atoms with Gasteiger partial charge in [-0.05, 0) is 50.2 Å². The average Bonchev–Trinajstić information content (AvgIpc) is 3.15. The van der Waals surface area contributed by atoms with Gasteiger partial charge in [-0.15, -0.1) is 11.8 Å². The van der Waals surface area contributed by atoms with Gasteiger partial charge in [0.15, 0.2) is 0 Å². The number of benzene rings is 2. The van der Waals surface area contributed by atoms with Gasteiger partial charge in [0.1, 0.15) is 11.6 Å². The highest BCUT2D eigenvalue weighted by Gasteiger charge is 2.21. The van der Waals surface area contributed by atoms with Crippen LogP contribution in [0.15, 0.2) is 52.9 Å². The van der Waals surface area contributed by atoms with Crippen molar-refractivity contribution >= 4 is 23.4 Å². The third kappa shape index (κ3) is 5.28. The van der Waals surface area contributed by atoms with Crippen molar-refractivity contribution in [3.8, 4) is 11.5 Å². The van der Waals surface area contributed by atoms with Gasteiger partial charge in [-0.25, -0.2) is 9.37 Å². The number of nitrogens with zero attached hydrogens (tertiary/aromatic N) is 3. The van der Waals surface area contributed by atoms with Gasteiger partial charge in [0.05, 0.1) is 11.4 Å². The molecule has 0 unspecified atom stereocenters. The van der Waals surface area contributed by atoms with Crippen molar-refractivity contribution in [1.82, 2.24) is 9.88 Å². The molecule has 0 bridgehead atoms. The molecule has 1 saturated heterocycles. The molecule has 31 heavy (non-hydrogen) atoms. The molecule has 1 fully saturated rings. The minimum Gasteiger partial charge on any atom is -0.441 e.